The van der Waals surface area contributed by atoms with Crippen LogP contribution < -0.4 is 16.0 Å². The molecular formula is C35H41N9O4S. The highest BCUT2D eigenvalue weighted by atomic mass is 32.2. The second kappa shape index (κ2) is 14.9. The molecule has 13 nitrogen and oxygen atoms in total. The molecule has 0 radical (unpaired) electrons. The zero-order valence-corrected chi connectivity index (χ0v) is 28.1. The van der Waals surface area contributed by atoms with Gasteiger partial charge in [0.2, 0.25) is 0 Å². The van der Waals surface area contributed by atoms with E-state index in [-0.39, 0.29) is 17.4 Å². The lowest BCUT2D eigenvalue weighted by atomic mass is 9.93. The molecule has 4 N–H and O–H groups in total. The van der Waals surface area contributed by atoms with Crippen molar-refractivity contribution in [2.24, 2.45) is 0 Å². The number of pyridine rings is 1. The van der Waals surface area contributed by atoms with Gasteiger partial charge in [0.05, 0.1) is 53.8 Å². The van der Waals surface area contributed by atoms with Crippen LogP contribution >= 0.6 is 0 Å². The van der Waals surface area contributed by atoms with Gasteiger partial charge in [-0.1, -0.05) is 17.9 Å². The topological polar surface area (TPSA) is 159 Å². The summed E-state index contributed by atoms with van der Waals surface area (Å²) in [6, 6.07) is 12.0. The van der Waals surface area contributed by atoms with Crippen molar-refractivity contribution in [2.45, 2.75) is 55.9 Å². The van der Waals surface area contributed by atoms with Crippen LogP contribution in [0.4, 0.5) is 23.0 Å². The van der Waals surface area contributed by atoms with E-state index in [1.165, 1.54) is 12.4 Å². The standard InChI is InChI=1S/C35H41N9O4S/c45-30-8-6-28(7-9-30)40-32-21-34(41-33-12-13-37-35(42-33)27-23-39-44(24-27)49(46,47)31-10-11-31)38-22-26(32)5-4-25-2-1-3-29(20-25)36-14-15-43-16-18-48-19-17-43/h1-3,12-13,20-24,28,30-31,36,45H,6-11,14-19H2,(H2,37,38,40,41,42)/t28-,30+. The molecule has 0 amide bonds. The molecule has 3 aromatic heterocycles. The number of rotatable bonds is 11. The Kier molecular flexibility index (Phi) is 10.0. The van der Waals surface area contributed by atoms with Gasteiger partial charge in [-0.05, 0) is 62.8 Å². The predicted octanol–water partition coefficient (Wildman–Crippen LogP) is 3.68. The summed E-state index contributed by atoms with van der Waals surface area (Å²) >= 11 is 0. The lowest BCUT2D eigenvalue weighted by Crippen LogP contribution is -2.39. The summed E-state index contributed by atoms with van der Waals surface area (Å²) in [5.41, 5.74) is 4.02. The Balaban J connectivity index is 1.07. The second-order valence-corrected chi connectivity index (χ2v) is 14.8. The van der Waals surface area contributed by atoms with E-state index in [9.17, 15) is 13.5 Å². The monoisotopic (exact) mass is 683 g/mol. The molecule has 7 rings (SSSR count). The Hall–Kier alpha value is -4.55. The summed E-state index contributed by atoms with van der Waals surface area (Å²) in [4.78, 5) is 16.0. The van der Waals surface area contributed by atoms with Crippen molar-refractivity contribution >= 4 is 33.0 Å². The predicted molar refractivity (Wildman–Crippen MR) is 188 cm³/mol. The van der Waals surface area contributed by atoms with Crippen molar-refractivity contribution in [3.05, 3.63) is 72.3 Å². The average Bonchev–Trinajstić information content (AvgIpc) is 3.87. The summed E-state index contributed by atoms with van der Waals surface area (Å²) in [5, 5.41) is 24.2. The number of nitrogens with one attached hydrogen (secondary N) is 3. The number of morpholine rings is 1. The third-order valence-electron chi connectivity index (χ3n) is 8.96. The number of aromatic nitrogens is 5. The molecule has 14 heteroatoms. The third kappa shape index (κ3) is 8.55. The van der Waals surface area contributed by atoms with Gasteiger partial charge in [0.15, 0.2) is 5.82 Å². The maximum Gasteiger partial charge on any atom is 0.256 e. The zero-order valence-electron chi connectivity index (χ0n) is 27.3. The highest BCUT2D eigenvalue weighted by Gasteiger charge is 2.37. The average molecular weight is 684 g/mol. The molecule has 49 heavy (non-hydrogen) atoms. The molecule has 2 saturated carbocycles. The molecule has 0 spiro atoms. The van der Waals surface area contributed by atoms with Gasteiger partial charge in [-0.25, -0.2) is 23.4 Å². The molecule has 0 atom stereocenters. The van der Waals surface area contributed by atoms with Crippen molar-refractivity contribution in [2.75, 3.05) is 55.3 Å². The first kappa shape index (κ1) is 33.0. The van der Waals surface area contributed by atoms with Crippen molar-refractivity contribution in [3.63, 3.8) is 0 Å². The SMILES string of the molecule is O=S(=O)(C1CC1)n1cc(-c2nccc(Nc3cc(N[C@H]4CC[C@@H](O)CC4)c(C#Cc4cccc(NCCN5CCOCC5)c4)cn3)n2)cn1. The number of aliphatic hydroxyl groups is 1. The fourth-order valence-electron chi connectivity index (χ4n) is 5.99. The summed E-state index contributed by atoms with van der Waals surface area (Å²) in [6.07, 6.45) is 10.6. The molecule has 3 aliphatic rings. The Morgan fingerprint density at radius 3 is 2.61 bits per heavy atom. The minimum Gasteiger partial charge on any atom is -0.393 e. The Morgan fingerprint density at radius 2 is 1.80 bits per heavy atom. The van der Waals surface area contributed by atoms with Crippen LogP contribution in [-0.2, 0) is 14.8 Å². The maximum atomic E-state index is 12.6. The molecule has 1 aromatic carbocycles. The van der Waals surface area contributed by atoms with Crippen LogP contribution in [0.25, 0.3) is 11.4 Å². The highest BCUT2D eigenvalue weighted by molar-refractivity contribution is 7.90. The van der Waals surface area contributed by atoms with E-state index < -0.39 is 10.0 Å². The molecule has 2 aliphatic carbocycles. The molecule has 4 aromatic rings. The van der Waals surface area contributed by atoms with E-state index in [0.717, 1.165) is 91.7 Å². The van der Waals surface area contributed by atoms with Gasteiger partial charge in [0.1, 0.15) is 11.6 Å². The van der Waals surface area contributed by atoms with Gasteiger partial charge >= 0.3 is 0 Å². The first-order chi connectivity index (χ1) is 23.9. The molecule has 0 unspecified atom stereocenters. The highest BCUT2D eigenvalue weighted by Crippen LogP contribution is 2.31. The van der Waals surface area contributed by atoms with Crippen LogP contribution in [0.15, 0.2) is 61.2 Å². The normalized spacial score (nSPS) is 19.9. The zero-order chi connectivity index (χ0) is 33.6. The van der Waals surface area contributed by atoms with Gasteiger partial charge in [-0.15, -0.1) is 0 Å². The van der Waals surface area contributed by atoms with Crippen LogP contribution in [0.1, 0.15) is 49.7 Å². The molecular weight excluding hydrogens is 643 g/mol. The first-order valence-corrected chi connectivity index (χ1v) is 18.4. The summed E-state index contributed by atoms with van der Waals surface area (Å²) in [5.74, 6) is 8.05. The number of hydrogen-bond donors (Lipinski definition) is 4. The second-order valence-electron chi connectivity index (χ2n) is 12.7. The van der Waals surface area contributed by atoms with E-state index in [1.54, 1.807) is 18.5 Å². The summed E-state index contributed by atoms with van der Waals surface area (Å²) < 4.78 is 31.7. The van der Waals surface area contributed by atoms with Crippen molar-refractivity contribution < 1.29 is 18.3 Å². The van der Waals surface area contributed by atoms with Gasteiger partial charge < -0.3 is 25.8 Å². The maximum absolute atomic E-state index is 12.6. The number of ether oxygens (including phenoxy) is 1. The third-order valence-corrected chi connectivity index (χ3v) is 11.0. The quantitative estimate of drug-likeness (QED) is 0.170. The first-order valence-electron chi connectivity index (χ1n) is 16.9. The number of nitrogens with zero attached hydrogens (tertiary/aromatic N) is 6. The van der Waals surface area contributed by atoms with E-state index in [1.807, 2.05) is 18.2 Å². The van der Waals surface area contributed by atoms with Gasteiger partial charge in [-0.2, -0.15) is 9.19 Å². The van der Waals surface area contributed by atoms with Crippen molar-refractivity contribution in [1.29, 1.82) is 0 Å². The van der Waals surface area contributed by atoms with Crippen LogP contribution in [0.2, 0.25) is 0 Å². The van der Waals surface area contributed by atoms with Crippen LogP contribution in [0.3, 0.4) is 0 Å². The van der Waals surface area contributed by atoms with Crippen molar-refractivity contribution in [3.8, 4) is 23.2 Å². The van der Waals surface area contributed by atoms with E-state index in [0.29, 0.717) is 35.9 Å². The molecule has 256 valence electrons. The lowest BCUT2D eigenvalue weighted by Gasteiger charge is -2.27. The van der Waals surface area contributed by atoms with Crippen LogP contribution in [0.5, 0.6) is 0 Å². The number of aliphatic hydroxyl groups excluding tert-OH is 1. The minimum absolute atomic E-state index is 0.201. The van der Waals surface area contributed by atoms with Crippen LogP contribution in [-0.4, -0.2) is 99.4 Å². The lowest BCUT2D eigenvalue weighted by molar-refractivity contribution is 0.0398. The van der Waals surface area contributed by atoms with Crippen molar-refractivity contribution in [1.82, 2.24) is 29.0 Å². The van der Waals surface area contributed by atoms with Gasteiger partial charge in [0.25, 0.3) is 10.0 Å². The minimum atomic E-state index is -3.48. The van der Waals surface area contributed by atoms with Crippen LogP contribution in [0, 0.1) is 11.8 Å². The fourth-order valence-corrected chi connectivity index (χ4v) is 7.47. The van der Waals surface area contributed by atoms with E-state index in [4.69, 9.17) is 4.74 Å². The van der Waals surface area contributed by atoms with Gasteiger partial charge in [0, 0.05) is 61.9 Å². The fraction of sp³-hybridized carbons (Fsp3) is 0.429. The Morgan fingerprint density at radius 1 is 0.959 bits per heavy atom. The Bertz CT molecular complexity index is 1920. The number of anilines is 4. The molecule has 1 saturated heterocycles. The molecule has 1 aliphatic heterocycles. The molecule has 3 fully saturated rings. The van der Waals surface area contributed by atoms with E-state index in [2.05, 4.69) is 64.9 Å². The number of benzene rings is 1. The number of hydrogen-bond acceptors (Lipinski definition) is 12. The Labute approximate surface area is 286 Å². The molecule has 4 heterocycles. The summed E-state index contributed by atoms with van der Waals surface area (Å²) in [7, 11) is -3.48. The van der Waals surface area contributed by atoms with Gasteiger partial charge in [-0.3, -0.25) is 4.90 Å². The largest absolute Gasteiger partial charge is 0.393 e. The summed E-state index contributed by atoms with van der Waals surface area (Å²) in [6.45, 7) is 5.33. The molecule has 0 bridgehead atoms. The van der Waals surface area contributed by atoms with E-state index >= 15 is 0 Å². The smallest absolute Gasteiger partial charge is 0.256 e.